The Morgan fingerprint density at radius 1 is 0.600 bits per heavy atom. The lowest BCUT2D eigenvalue weighted by atomic mass is 10.1. The Balaban J connectivity index is 0. The SMILES string of the molecule is NCCCCCCCCCCN.O=C=O. The predicted molar refractivity (Wildman–Crippen MR) is 60.1 cm³/mol. The zero-order chi connectivity index (χ0) is 11.8. The van der Waals surface area contributed by atoms with E-state index in [1.165, 1.54) is 51.4 Å². The van der Waals surface area contributed by atoms with E-state index in [2.05, 4.69) is 0 Å². The van der Waals surface area contributed by atoms with Gasteiger partial charge in [0.2, 0.25) is 0 Å². The first-order valence-corrected chi connectivity index (χ1v) is 5.72. The van der Waals surface area contributed by atoms with Crippen LogP contribution < -0.4 is 11.5 Å². The molecule has 4 N–H and O–H groups in total. The maximum Gasteiger partial charge on any atom is 0.373 e. The molecule has 0 spiro atoms. The minimum absolute atomic E-state index is 0.250. The van der Waals surface area contributed by atoms with Crippen LogP contribution in [0.15, 0.2) is 0 Å². The summed E-state index contributed by atoms with van der Waals surface area (Å²) in [6.07, 6.45) is 10.8. The molecule has 4 heteroatoms. The molecule has 0 heterocycles. The monoisotopic (exact) mass is 216 g/mol. The number of nitrogens with two attached hydrogens (primary N) is 2. The van der Waals surface area contributed by atoms with Gasteiger partial charge in [0.1, 0.15) is 0 Å². The fourth-order valence-corrected chi connectivity index (χ4v) is 1.35. The van der Waals surface area contributed by atoms with Crippen molar-refractivity contribution in [2.45, 2.75) is 51.4 Å². The normalized spacial score (nSPS) is 8.93. The van der Waals surface area contributed by atoms with Crippen molar-refractivity contribution in [3.63, 3.8) is 0 Å². The second kappa shape index (κ2) is 19.0. The fourth-order valence-electron chi connectivity index (χ4n) is 1.35. The highest BCUT2D eigenvalue weighted by atomic mass is 16.2. The first-order valence-electron chi connectivity index (χ1n) is 5.72. The maximum atomic E-state index is 8.12. The largest absolute Gasteiger partial charge is 0.373 e. The van der Waals surface area contributed by atoms with Crippen molar-refractivity contribution in [1.82, 2.24) is 0 Å². The summed E-state index contributed by atoms with van der Waals surface area (Å²) in [5.41, 5.74) is 10.8. The average molecular weight is 216 g/mol. The Labute approximate surface area is 92.4 Å². The zero-order valence-electron chi connectivity index (χ0n) is 9.54. The van der Waals surface area contributed by atoms with Crippen LogP contribution in [0.25, 0.3) is 0 Å². The molecule has 0 aliphatic rings. The Morgan fingerprint density at radius 3 is 1.00 bits per heavy atom. The molecule has 0 aromatic heterocycles. The first-order chi connectivity index (χ1) is 7.33. The van der Waals surface area contributed by atoms with Crippen LogP contribution >= 0.6 is 0 Å². The number of carbonyl (C=O) groups excluding carboxylic acids is 2. The molecule has 4 nitrogen and oxygen atoms in total. The third-order valence-electron chi connectivity index (χ3n) is 2.16. The van der Waals surface area contributed by atoms with Gasteiger partial charge in [-0.1, -0.05) is 38.5 Å². The van der Waals surface area contributed by atoms with E-state index < -0.39 is 0 Å². The van der Waals surface area contributed by atoms with E-state index in [4.69, 9.17) is 21.1 Å². The summed E-state index contributed by atoms with van der Waals surface area (Å²) in [6.45, 7) is 1.71. The van der Waals surface area contributed by atoms with Crippen LogP contribution in [-0.4, -0.2) is 19.2 Å². The third kappa shape index (κ3) is 24.7. The van der Waals surface area contributed by atoms with E-state index >= 15 is 0 Å². The van der Waals surface area contributed by atoms with Gasteiger partial charge < -0.3 is 11.5 Å². The van der Waals surface area contributed by atoms with Gasteiger partial charge >= 0.3 is 6.15 Å². The molecule has 0 aromatic carbocycles. The molecule has 0 aliphatic carbocycles. The third-order valence-corrected chi connectivity index (χ3v) is 2.16. The molecule has 90 valence electrons. The zero-order valence-corrected chi connectivity index (χ0v) is 9.54. The number of rotatable bonds is 9. The minimum atomic E-state index is 0.250. The number of hydrogen-bond acceptors (Lipinski definition) is 4. The maximum absolute atomic E-state index is 8.12. The van der Waals surface area contributed by atoms with Crippen molar-refractivity contribution < 1.29 is 9.59 Å². The van der Waals surface area contributed by atoms with Gasteiger partial charge in [-0.15, -0.1) is 0 Å². The predicted octanol–water partition coefficient (Wildman–Crippen LogP) is 1.44. The lowest BCUT2D eigenvalue weighted by Crippen LogP contribution is -1.98. The fraction of sp³-hybridized carbons (Fsp3) is 0.909. The summed E-state index contributed by atoms with van der Waals surface area (Å²) in [5.74, 6) is 0. The van der Waals surface area contributed by atoms with Crippen LogP contribution in [0.2, 0.25) is 0 Å². The van der Waals surface area contributed by atoms with Gasteiger partial charge in [-0.25, -0.2) is 0 Å². The molecule has 0 aliphatic heterocycles. The molecule has 0 aromatic rings. The van der Waals surface area contributed by atoms with E-state index in [-0.39, 0.29) is 6.15 Å². The van der Waals surface area contributed by atoms with Crippen molar-refractivity contribution in [2.24, 2.45) is 11.5 Å². The van der Waals surface area contributed by atoms with E-state index in [9.17, 15) is 0 Å². The summed E-state index contributed by atoms with van der Waals surface area (Å²) < 4.78 is 0. The molecule has 0 fully saturated rings. The molecule has 0 unspecified atom stereocenters. The molecule has 0 radical (unpaired) electrons. The van der Waals surface area contributed by atoms with Crippen molar-refractivity contribution in [1.29, 1.82) is 0 Å². The van der Waals surface area contributed by atoms with Gasteiger partial charge in [0.05, 0.1) is 0 Å². The van der Waals surface area contributed by atoms with Gasteiger partial charge in [-0.2, -0.15) is 9.59 Å². The standard InChI is InChI=1S/C10H24N2.CO2/c11-9-7-5-3-1-2-4-6-8-10-12;2-1-3/h1-12H2;. The Bertz CT molecular complexity index is 125. The highest BCUT2D eigenvalue weighted by Gasteiger charge is 1.90. The van der Waals surface area contributed by atoms with Crippen LogP contribution in [-0.2, 0) is 9.59 Å². The molecule has 0 atom stereocenters. The lowest BCUT2D eigenvalue weighted by molar-refractivity contribution is -0.191. The number of unbranched alkanes of at least 4 members (excludes halogenated alkanes) is 7. The molecular formula is C11H24N2O2. The smallest absolute Gasteiger partial charge is 0.330 e. The Morgan fingerprint density at radius 2 is 0.800 bits per heavy atom. The van der Waals surface area contributed by atoms with Gasteiger partial charge in [-0.3, -0.25) is 0 Å². The number of hydrogen-bond donors (Lipinski definition) is 2. The minimum Gasteiger partial charge on any atom is -0.330 e. The van der Waals surface area contributed by atoms with E-state index in [1.807, 2.05) is 0 Å². The van der Waals surface area contributed by atoms with E-state index in [0.717, 1.165) is 13.1 Å². The molecule has 15 heavy (non-hydrogen) atoms. The van der Waals surface area contributed by atoms with Crippen molar-refractivity contribution >= 4 is 6.15 Å². The van der Waals surface area contributed by atoms with Crippen LogP contribution in [0.4, 0.5) is 0 Å². The highest BCUT2D eigenvalue weighted by Crippen LogP contribution is 2.07. The summed E-state index contributed by atoms with van der Waals surface area (Å²) in [7, 11) is 0. The van der Waals surface area contributed by atoms with Gasteiger partial charge in [0.15, 0.2) is 0 Å². The topological polar surface area (TPSA) is 86.2 Å². The first kappa shape index (κ1) is 16.7. The average Bonchev–Trinajstić information content (AvgIpc) is 2.23. The van der Waals surface area contributed by atoms with Crippen LogP contribution in [0.1, 0.15) is 51.4 Å². The summed E-state index contributed by atoms with van der Waals surface area (Å²) >= 11 is 0. The molecule has 0 saturated heterocycles. The lowest BCUT2D eigenvalue weighted by Gasteiger charge is -2.00. The summed E-state index contributed by atoms with van der Waals surface area (Å²) in [6, 6.07) is 0. The van der Waals surface area contributed by atoms with Crippen molar-refractivity contribution in [2.75, 3.05) is 13.1 Å². The van der Waals surface area contributed by atoms with E-state index in [1.54, 1.807) is 0 Å². The molecular weight excluding hydrogens is 192 g/mol. The van der Waals surface area contributed by atoms with Gasteiger partial charge in [-0.05, 0) is 25.9 Å². The van der Waals surface area contributed by atoms with Crippen LogP contribution in [0.5, 0.6) is 0 Å². The summed E-state index contributed by atoms with van der Waals surface area (Å²) in [4.78, 5) is 16.2. The Kier molecular flexibility index (Phi) is 21.1. The van der Waals surface area contributed by atoms with Crippen LogP contribution in [0, 0.1) is 0 Å². The second-order valence-electron chi connectivity index (χ2n) is 3.49. The summed E-state index contributed by atoms with van der Waals surface area (Å²) in [5, 5.41) is 0. The molecule has 0 amide bonds. The van der Waals surface area contributed by atoms with Gasteiger partial charge in [0, 0.05) is 0 Å². The van der Waals surface area contributed by atoms with Gasteiger partial charge in [0.25, 0.3) is 0 Å². The molecule has 0 rings (SSSR count). The molecule has 0 saturated carbocycles. The second-order valence-corrected chi connectivity index (χ2v) is 3.49. The quantitative estimate of drug-likeness (QED) is 0.571. The van der Waals surface area contributed by atoms with Crippen LogP contribution in [0.3, 0.4) is 0 Å². The van der Waals surface area contributed by atoms with Crippen molar-refractivity contribution in [3.8, 4) is 0 Å². The Hall–Kier alpha value is -0.700. The highest BCUT2D eigenvalue weighted by molar-refractivity contribution is 5.20. The molecule has 0 bridgehead atoms. The van der Waals surface area contributed by atoms with Crippen molar-refractivity contribution in [3.05, 3.63) is 0 Å². The van der Waals surface area contributed by atoms with E-state index in [0.29, 0.717) is 0 Å².